The first kappa shape index (κ1) is 22.2. The van der Waals surface area contributed by atoms with E-state index in [0.717, 1.165) is 82.4 Å². The Morgan fingerprint density at radius 3 is 2.53 bits per heavy atom. The minimum atomic E-state index is 0.820. The Hall–Kier alpha value is -2.47. The van der Waals surface area contributed by atoms with Gasteiger partial charge in [-0.05, 0) is 50.4 Å². The van der Waals surface area contributed by atoms with Gasteiger partial charge in [0.05, 0.1) is 5.70 Å². The number of anilines is 1. The zero-order valence-corrected chi connectivity index (χ0v) is 18.8. The van der Waals surface area contributed by atoms with Crippen LogP contribution in [0.5, 0.6) is 0 Å². The molecule has 0 aromatic heterocycles. The fraction of sp³-hybridized carbons (Fsp3) is 0.542. The number of unbranched alkanes of at least 4 members (excludes halogenated alkanes) is 2. The number of rotatable bonds is 9. The Kier molecular flexibility index (Phi) is 8.20. The number of benzene rings is 1. The van der Waals surface area contributed by atoms with Crippen LogP contribution in [0.1, 0.15) is 38.2 Å². The zero-order chi connectivity index (χ0) is 21.3. The smallest absolute Gasteiger partial charge is 0.163 e. The van der Waals surface area contributed by atoms with Crippen LogP contribution in [0.3, 0.4) is 0 Å². The van der Waals surface area contributed by atoms with E-state index in [9.17, 15) is 0 Å². The topological polar surface area (TPSA) is 46.1 Å². The average Bonchev–Trinajstić information content (AvgIpc) is 2.75. The molecule has 0 amide bonds. The Morgan fingerprint density at radius 2 is 1.80 bits per heavy atom. The summed E-state index contributed by atoms with van der Waals surface area (Å²) in [5, 5.41) is 0. The van der Waals surface area contributed by atoms with Crippen LogP contribution in [0.25, 0.3) is 0 Å². The molecular formula is C24H38N6. The highest BCUT2D eigenvalue weighted by Gasteiger charge is 2.21. The van der Waals surface area contributed by atoms with E-state index in [0.29, 0.717) is 0 Å². The number of amidine groups is 1. The molecule has 0 radical (unpaired) electrons. The molecule has 2 fully saturated rings. The number of aliphatic imine (C=N–C) groups is 1. The van der Waals surface area contributed by atoms with Gasteiger partial charge < -0.3 is 9.80 Å². The molecule has 2 saturated heterocycles. The number of piperazine rings is 1. The molecule has 164 valence electrons. The van der Waals surface area contributed by atoms with Gasteiger partial charge in [-0.3, -0.25) is 20.7 Å². The molecule has 2 aliphatic rings. The number of hydrogen-bond acceptors (Lipinski definition) is 5. The van der Waals surface area contributed by atoms with Crippen molar-refractivity contribution in [3.63, 3.8) is 0 Å². The van der Waals surface area contributed by atoms with Crippen molar-refractivity contribution in [1.29, 1.82) is 0 Å². The maximum atomic E-state index is 4.73. The van der Waals surface area contributed by atoms with E-state index in [2.05, 4.69) is 76.8 Å². The molecule has 0 unspecified atom stereocenters. The number of nitrogens with one attached hydrogen (secondary N) is 2. The number of hydrogen-bond donors (Lipinski definition) is 2. The van der Waals surface area contributed by atoms with E-state index < -0.39 is 0 Å². The summed E-state index contributed by atoms with van der Waals surface area (Å²) in [5.41, 5.74) is 9.85. The number of aryl methyl sites for hydroxylation is 1. The third kappa shape index (κ3) is 6.02. The van der Waals surface area contributed by atoms with Crippen LogP contribution in [0.2, 0.25) is 0 Å². The van der Waals surface area contributed by atoms with Crippen molar-refractivity contribution in [1.82, 2.24) is 20.7 Å². The molecule has 1 aromatic carbocycles. The highest BCUT2D eigenvalue weighted by Crippen LogP contribution is 2.18. The molecule has 2 heterocycles. The SMILES string of the molecule is C=C1NNC(=NCCCCN2CCN(c3cccc(C)c3)CC2)C(=C)N1CCCC. The van der Waals surface area contributed by atoms with Gasteiger partial charge in [-0.25, -0.2) is 0 Å². The Labute approximate surface area is 182 Å². The molecule has 0 bridgehead atoms. The van der Waals surface area contributed by atoms with Crippen LogP contribution in [0.15, 0.2) is 53.9 Å². The summed E-state index contributed by atoms with van der Waals surface area (Å²) in [6.07, 6.45) is 4.53. The van der Waals surface area contributed by atoms with Crippen LogP contribution < -0.4 is 15.8 Å². The van der Waals surface area contributed by atoms with Gasteiger partial charge in [-0.1, -0.05) is 38.6 Å². The Bertz CT molecular complexity index is 748. The Morgan fingerprint density at radius 1 is 1.00 bits per heavy atom. The first-order valence-electron chi connectivity index (χ1n) is 11.3. The second-order valence-corrected chi connectivity index (χ2v) is 8.25. The molecule has 1 aromatic rings. The second-order valence-electron chi connectivity index (χ2n) is 8.25. The lowest BCUT2D eigenvalue weighted by Gasteiger charge is -2.36. The molecular weight excluding hydrogens is 372 g/mol. The first-order chi connectivity index (χ1) is 14.6. The van der Waals surface area contributed by atoms with Crippen molar-refractivity contribution in [2.75, 3.05) is 50.7 Å². The average molecular weight is 411 g/mol. The number of nitrogens with zero attached hydrogens (tertiary/aromatic N) is 4. The van der Waals surface area contributed by atoms with Gasteiger partial charge >= 0.3 is 0 Å². The van der Waals surface area contributed by atoms with Crippen LogP contribution >= 0.6 is 0 Å². The van der Waals surface area contributed by atoms with Gasteiger partial charge in [0.2, 0.25) is 0 Å². The molecule has 3 rings (SSSR count). The minimum Gasteiger partial charge on any atom is -0.369 e. The summed E-state index contributed by atoms with van der Waals surface area (Å²) in [6.45, 7) is 20.0. The fourth-order valence-corrected chi connectivity index (χ4v) is 3.97. The molecule has 0 aliphatic carbocycles. The van der Waals surface area contributed by atoms with Gasteiger partial charge in [0.15, 0.2) is 5.84 Å². The lowest BCUT2D eigenvalue weighted by Crippen LogP contribution is -2.51. The quantitative estimate of drug-likeness (QED) is 0.610. The number of hydrazine groups is 1. The van der Waals surface area contributed by atoms with E-state index in [4.69, 9.17) is 4.99 Å². The highest BCUT2D eigenvalue weighted by atomic mass is 15.5. The third-order valence-corrected chi connectivity index (χ3v) is 5.88. The summed E-state index contributed by atoms with van der Waals surface area (Å²) >= 11 is 0. The lowest BCUT2D eigenvalue weighted by molar-refractivity contribution is 0.253. The Balaban J connectivity index is 1.35. The lowest BCUT2D eigenvalue weighted by atomic mass is 10.2. The summed E-state index contributed by atoms with van der Waals surface area (Å²) in [7, 11) is 0. The summed E-state index contributed by atoms with van der Waals surface area (Å²) in [5.74, 6) is 1.68. The maximum absolute atomic E-state index is 4.73. The van der Waals surface area contributed by atoms with Gasteiger partial charge in [0.1, 0.15) is 5.82 Å². The van der Waals surface area contributed by atoms with E-state index in [1.165, 1.54) is 17.7 Å². The summed E-state index contributed by atoms with van der Waals surface area (Å²) in [4.78, 5) is 11.9. The van der Waals surface area contributed by atoms with Gasteiger partial charge in [0.25, 0.3) is 0 Å². The minimum absolute atomic E-state index is 0.820. The maximum Gasteiger partial charge on any atom is 0.163 e. The molecule has 0 spiro atoms. The van der Waals surface area contributed by atoms with E-state index in [-0.39, 0.29) is 0 Å². The summed E-state index contributed by atoms with van der Waals surface area (Å²) in [6, 6.07) is 8.83. The molecule has 2 N–H and O–H groups in total. The third-order valence-electron chi connectivity index (χ3n) is 5.88. The van der Waals surface area contributed by atoms with Gasteiger partial charge in [0, 0.05) is 45.0 Å². The van der Waals surface area contributed by atoms with Crippen LogP contribution in [-0.4, -0.2) is 61.4 Å². The standard InChI is InChI=1S/C24H38N6/c1-5-6-14-30-21(3)24(27-26-22(30)4)25-12-7-8-13-28-15-17-29(18-16-28)23-11-9-10-20(2)19-23/h9-11,19,26H,3-8,12-18H2,1-2H3,(H,25,27). The normalized spacial score (nSPS) is 19.2. The van der Waals surface area contributed by atoms with Gasteiger partial charge in [-0.2, -0.15) is 0 Å². The second kappa shape index (κ2) is 11.1. The predicted octanol–water partition coefficient (Wildman–Crippen LogP) is 3.49. The summed E-state index contributed by atoms with van der Waals surface area (Å²) < 4.78 is 0. The molecule has 0 atom stereocenters. The molecule has 0 saturated carbocycles. The fourth-order valence-electron chi connectivity index (χ4n) is 3.97. The van der Waals surface area contributed by atoms with Crippen molar-refractivity contribution in [2.45, 2.75) is 39.5 Å². The largest absolute Gasteiger partial charge is 0.369 e. The van der Waals surface area contributed by atoms with Crippen molar-refractivity contribution < 1.29 is 0 Å². The van der Waals surface area contributed by atoms with E-state index in [1.807, 2.05) is 0 Å². The molecule has 6 nitrogen and oxygen atoms in total. The predicted molar refractivity (Wildman–Crippen MR) is 128 cm³/mol. The van der Waals surface area contributed by atoms with Gasteiger partial charge in [-0.15, -0.1) is 0 Å². The monoisotopic (exact) mass is 410 g/mol. The van der Waals surface area contributed by atoms with Crippen molar-refractivity contribution in [3.8, 4) is 0 Å². The van der Waals surface area contributed by atoms with Crippen molar-refractivity contribution in [2.24, 2.45) is 4.99 Å². The highest BCUT2D eigenvalue weighted by molar-refractivity contribution is 5.98. The first-order valence-corrected chi connectivity index (χ1v) is 11.3. The van der Waals surface area contributed by atoms with Crippen molar-refractivity contribution >= 4 is 11.5 Å². The molecule has 30 heavy (non-hydrogen) atoms. The molecule has 6 heteroatoms. The van der Waals surface area contributed by atoms with Crippen LogP contribution in [0, 0.1) is 6.92 Å². The zero-order valence-electron chi connectivity index (χ0n) is 18.8. The molecule has 2 aliphatic heterocycles. The van der Waals surface area contributed by atoms with E-state index >= 15 is 0 Å². The van der Waals surface area contributed by atoms with Crippen LogP contribution in [0.4, 0.5) is 5.69 Å². The van der Waals surface area contributed by atoms with Crippen molar-refractivity contribution in [3.05, 3.63) is 54.5 Å². The van der Waals surface area contributed by atoms with Crippen LogP contribution in [-0.2, 0) is 0 Å². The van der Waals surface area contributed by atoms with E-state index in [1.54, 1.807) is 0 Å².